The van der Waals surface area contributed by atoms with Gasteiger partial charge in [-0.3, -0.25) is 4.98 Å². The molecule has 0 aromatic carbocycles. The van der Waals surface area contributed by atoms with E-state index in [2.05, 4.69) is 15.0 Å². The molecule has 0 unspecified atom stereocenters. The summed E-state index contributed by atoms with van der Waals surface area (Å²) in [6.07, 6.45) is 3.04. The van der Waals surface area contributed by atoms with E-state index in [0.29, 0.717) is 11.4 Å². The van der Waals surface area contributed by atoms with Gasteiger partial charge in [0.25, 0.3) is 10.0 Å². The summed E-state index contributed by atoms with van der Waals surface area (Å²) in [5.41, 5.74) is 1.03. The Bertz CT molecular complexity index is 561. The highest BCUT2D eigenvalue weighted by Crippen LogP contribution is 2.14. The van der Waals surface area contributed by atoms with E-state index >= 15 is 0 Å². The van der Waals surface area contributed by atoms with Crippen molar-refractivity contribution in [2.45, 2.75) is 5.16 Å². The molecule has 0 aliphatic heterocycles. The maximum atomic E-state index is 10.9. The Kier molecular flexibility index (Phi) is 2.25. The maximum Gasteiger partial charge on any atom is 0.271 e. The topological polar surface area (TPSA) is 102 Å². The molecule has 0 aliphatic carbocycles. The van der Waals surface area contributed by atoms with Crippen LogP contribution < -0.4 is 5.14 Å². The number of primary sulfonamides is 1. The lowest BCUT2D eigenvalue weighted by Crippen LogP contribution is -2.13. The van der Waals surface area contributed by atoms with Crippen molar-refractivity contribution in [2.75, 3.05) is 0 Å². The molecule has 0 saturated carbocycles. The van der Waals surface area contributed by atoms with Crippen LogP contribution in [0.5, 0.6) is 0 Å². The Morgan fingerprint density at radius 3 is 2.60 bits per heavy atom. The summed E-state index contributed by atoms with van der Waals surface area (Å²) in [6, 6.07) is 5.27. The minimum Gasteiger partial charge on any atom is -0.334 e. The van der Waals surface area contributed by atoms with E-state index in [0.717, 1.165) is 0 Å². The third-order valence-electron chi connectivity index (χ3n) is 1.75. The van der Waals surface area contributed by atoms with E-state index in [1.807, 2.05) is 0 Å². The van der Waals surface area contributed by atoms with Crippen molar-refractivity contribution in [3.63, 3.8) is 0 Å². The highest BCUT2D eigenvalue weighted by Gasteiger charge is 2.13. The van der Waals surface area contributed by atoms with Crippen LogP contribution in [-0.4, -0.2) is 23.4 Å². The Labute approximate surface area is 86.2 Å². The van der Waals surface area contributed by atoms with Gasteiger partial charge in [-0.05, 0) is 12.1 Å². The molecule has 2 heterocycles. The smallest absolute Gasteiger partial charge is 0.271 e. The van der Waals surface area contributed by atoms with Gasteiger partial charge in [-0.15, -0.1) is 0 Å². The number of pyridine rings is 1. The normalized spacial score (nSPS) is 11.5. The number of H-pyrrole nitrogens is 1. The molecular weight excluding hydrogens is 216 g/mol. The summed E-state index contributed by atoms with van der Waals surface area (Å²) in [6.45, 7) is 0. The van der Waals surface area contributed by atoms with Crippen LogP contribution in [0, 0.1) is 0 Å². The highest BCUT2D eigenvalue weighted by atomic mass is 32.2. The van der Waals surface area contributed by atoms with Gasteiger partial charge in [0.2, 0.25) is 5.16 Å². The van der Waals surface area contributed by atoms with Crippen molar-refractivity contribution in [1.82, 2.24) is 15.0 Å². The molecule has 0 aliphatic rings. The number of rotatable bonds is 2. The number of hydrogen-bond acceptors (Lipinski definition) is 4. The first kappa shape index (κ1) is 9.81. The molecule has 0 spiro atoms. The number of imidazole rings is 1. The lowest BCUT2D eigenvalue weighted by Gasteiger charge is -1.92. The van der Waals surface area contributed by atoms with Crippen molar-refractivity contribution < 1.29 is 8.42 Å². The Morgan fingerprint density at radius 1 is 1.27 bits per heavy atom. The molecule has 2 aromatic rings. The number of nitrogens with zero attached hydrogens (tertiary/aromatic N) is 2. The molecule has 0 saturated heterocycles. The predicted molar refractivity (Wildman–Crippen MR) is 53.2 cm³/mol. The van der Waals surface area contributed by atoms with Crippen LogP contribution in [0.2, 0.25) is 0 Å². The first-order valence-corrected chi connectivity index (χ1v) is 5.61. The second-order valence-corrected chi connectivity index (χ2v) is 4.33. The fourth-order valence-electron chi connectivity index (χ4n) is 1.10. The first-order valence-electron chi connectivity index (χ1n) is 4.07. The van der Waals surface area contributed by atoms with Gasteiger partial charge in [0.05, 0.1) is 5.69 Å². The average Bonchev–Trinajstić information content (AvgIpc) is 2.67. The van der Waals surface area contributed by atoms with Crippen molar-refractivity contribution in [3.05, 3.63) is 30.6 Å². The van der Waals surface area contributed by atoms with Gasteiger partial charge in [0, 0.05) is 12.4 Å². The van der Waals surface area contributed by atoms with Crippen LogP contribution in [0.25, 0.3) is 11.4 Å². The molecule has 0 bridgehead atoms. The maximum absolute atomic E-state index is 10.9. The van der Waals surface area contributed by atoms with Crippen LogP contribution in [0.4, 0.5) is 0 Å². The molecule has 0 radical (unpaired) electrons. The summed E-state index contributed by atoms with van der Waals surface area (Å²) in [7, 11) is -3.78. The number of hydrogen-bond donors (Lipinski definition) is 2. The molecule has 7 heteroatoms. The summed E-state index contributed by atoms with van der Waals surface area (Å²) in [5, 5.41) is 4.65. The van der Waals surface area contributed by atoms with Gasteiger partial charge in [-0.25, -0.2) is 18.5 Å². The molecule has 3 N–H and O–H groups in total. The molecule has 0 atom stereocenters. The second-order valence-electron chi connectivity index (χ2n) is 2.85. The Hall–Kier alpha value is -1.73. The minimum absolute atomic E-state index is 0.261. The lowest BCUT2D eigenvalue weighted by molar-refractivity contribution is 0.590. The van der Waals surface area contributed by atoms with Crippen LogP contribution >= 0.6 is 0 Å². The molecule has 0 amide bonds. The standard InChI is InChI=1S/C8H8N4O2S/c9-15(13,14)8-11-5-7(12-8)6-3-1-2-4-10-6/h1-5H,(H,11,12)(H2,9,13,14). The van der Waals surface area contributed by atoms with E-state index in [-0.39, 0.29) is 5.16 Å². The quantitative estimate of drug-likeness (QED) is 0.756. The van der Waals surface area contributed by atoms with Crippen molar-refractivity contribution in [2.24, 2.45) is 5.14 Å². The number of nitrogens with one attached hydrogen (secondary N) is 1. The van der Waals surface area contributed by atoms with Crippen LogP contribution in [-0.2, 0) is 10.0 Å². The Balaban J connectivity index is 2.46. The van der Waals surface area contributed by atoms with Gasteiger partial charge in [0.1, 0.15) is 5.69 Å². The predicted octanol–water partition coefficient (Wildman–Crippen LogP) is 0.119. The third-order valence-corrected chi connectivity index (χ3v) is 2.50. The average molecular weight is 224 g/mol. The van der Waals surface area contributed by atoms with Gasteiger partial charge < -0.3 is 4.98 Å². The SMILES string of the molecule is NS(=O)(=O)c1nc(-c2ccccn2)c[nH]1. The monoisotopic (exact) mass is 224 g/mol. The zero-order valence-corrected chi connectivity index (χ0v) is 8.40. The van der Waals surface area contributed by atoms with Crippen molar-refractivity contribution >= 4 is 10.0 Å². The van der Waals surface area contributed by atoms with Crippen LogP contribution in [0.15, 0.2) is 35.7 Å². The van der Waals surface area contributed by atoms with Crippen molar-refractivity contribution in [3.8, 4) is 11.4 Å². The summed E-state index contributed by atoms with van der Waals surface area (Å²) in [4.78, 5) is 10.3. The summed E-state index contributed by atoms with van der Waals surface area (Å²) < 4.78 is 21.9. The van der Waals surface area contributed by atoms with Gasteiger partial charge in [-0.2, -0.15) is 0 Å². The first-order chi connectivity index (χ1) is 7.07. The highest BCUT2D eigenvalue weighted by molar-refractivity contribution is 7.89. The molecule has 15 heavy (non-hydrogen) atoms. The number of aromatic amines is 1. The molecule has 78 valence electrons. The number of aromatic nitrogens is 3. The molecule has 2 rings (SSSR count). The van der Waals surface area contributed by atoms with Gasteiger partial charge >= 0.3 is 0 Å². The fourth-order valence-corrected chi connectivity index (χ4v) is 1.54. The van der Waals surface area contributed by atoms with Crippen LogP contribution in [0.3, 0.4) is 0 Å². The molecule has 2 aromatic heterocycles. The van der Waals surface area contributed by atoms with E-state index in [1.54, 1.807) is 24.4 Å². The van der Waals surface area contributed by atoms with Gasteiger partial charge in [0.15, 0.2) is 0 Å². The second kappa shape index (κ2) is 3.44. The van der Waals surface area contributed by atoms with E-state index < -0.39 is 10.0 Å². The summed E-state index contributed by atoms with van der Waals surface area (Å²) in [5.74, 6) is 0. The summed E-state index contributed by atoms with van der Waals surface area (Å²) >= 11 is 0. The van der Waals surface area contributed by atoms with Crippen LogP contribution in [0.1, 0.15) is 0 Å². The minimum atomic E-state index is -3.78. The number of sulfonamides is 1. The van der Waals surface area contributed by atoms with Crippen molar-refractivity contribution in [1.29, 1.82) is 0 Å². The third kappa shape index (κ3) is 2.03. The van der Waals surface area contributed by atoms with E-state index in [9.17, 15) is 8.42 Å². The van der Waals surface area contributed by atoms with E-state index in [1.165, 1.54) is 6.20 Å². The molecule has 0 fully saturated rings. The fraction of sp³-hybridized carbons (Fsp3) is 0. The van der Waals surface area contributed by atoms with E-state index in [4.69, 9.17) is 5.14 Å². The van der Waals surface area contributed by atoms with Gasteiger partial charge in [-0.1, -0.05) is 6.07 Å². The molecule has 6 nitrogen and oxygen atoms in total. The zero-order chi connectivity index (χ0) is 10.9. The Morgan fingerprint density at radius 2 is 2.07 bits per heavy atom. The molecular formula is C8H8N4O2S. The largest absolute Gasteiger partial charge is 0.334 e. The lowest BCUT2D eigenvalue weighted by atomic mass is 10.3. The zero-order valence-electron chi connectivity index (χ0n) is 7.58. The number of nitrogens with two attached hydrogens (primary N) is 1.